The molecule has 0 N–H and O–H groups in total. The van der Waals surface area contributed by atoms with E-state index in [1.807, 2.05) is 0 Å². The third kappa shape index (κ3) is 2.11. The van der Waals surface area contributed by atoms with Crippen LogP contribution in [0.5, 0.6) is 0 Å². The summed E-state index contributed by atoms with van der Waals surface area (Å²) >= 11 is 8.64. The number of hydrogen-bond donors (Lipinski definition) is 0. The maximum atomic E-state index is 13.9. The van der Waals surface area contributed by atoms with Crippen molar-refractivity contribution in [3.8, 4) is 0 Å². The Kier molecular flexibility index (Phi) is 3.33. The predicted molar refractivity (Wildman–Crippen MR) is 82.7 cm³/mol. The first kappa shape index (κ1) is 15.4. The van der Waals surface area contributed by atoms with Gasteiger partial charge in [0.2, 0.25) is 0 Å². The second-order valence-corrected chi connectivity index (χ2v) is 6.03. The molecule has 2 aromatic carbocycles. The first-order valence-electron chi connectivity index (χ1n) is 6.33. The summed E-state index contributed by atoms with van der Waals surface area (Å²) in [6.07, 6.45) is 0. The number of halogens is 6. The Morgan fingerprint density at radius 1 is 0.708 bits per heavy atom. The van der Waals surface area contributed by atoms with E-state index in [1.54, 1.807) is 0 Å². The van der Waals surface area contributed by atoms with E-state index in [0.717, 1.165) is 6.07 Å². The van der Waals surface area contributed by atoms with Crippen molar-refractivity contribution in [3.05, 3.63) is 45.4 Å². The SMILES string of the molecule is Fc1cc2c(cc1Br)c1nc(F)c(Cl)nc1c1nc(F)c(F)nc21. The first-order chi connectivity index (χ1) is 11.4. The van der Waals surface area contributed by atoms with Gasteiger partial charge in [-0.25, -0.2) is 24.3 Å². The van der Waals surface area contributed by atoms with Crippen LogP contribution in [0, 0.1) is 23.7 Å². The zero-order chi connectivity index (χ0) is 17.2. The average molecular weight is 418 g/mol. The second-order valence-electron chi connectivity index (χ2n) is 4.82. The Morgan fingerprint density at radius 3 is 1.88 bits per heavy atom. The summed E-state index contributed by atoms with van der Waals surface area (Å²) in [6.45, 7) is 0. The van der Waals surface area contributed by atoms with Crippen molar-refractivity contribution in [3.63, 3.8) is 0 Å². The zero-order valence-electron chi connectivity index (χ0n) is 11.2. The first-order valence-corrected chi connectivity index (χ1v) is 7.50. The lowest BCUT2D eigenvalue weighted by molar-refractivity contribution is 0.459. The molecule has 0 saturated heterocycles. The molecule has 0 aliphatic heterocycles. The van der Waals surface area contributed by atoms with E-state index in [2.05, 4.69) is 35.9 Å². The van der Waals surface area contributed by atoms with Crippen LogP contribution in [-0.4, -0.2) is 19.9 Å². The molecule has 0 unspecified atom stereocenters. The minimum Gasteiger partial charge on any atom is -0.227 e. The Labute approximate surface area is 143 Å². The second kappa shape index (κ2) is 5.18. The molecular formula is C14H2BrClF4N4. The van der Waals surface area contributed by atoms with E-state index >= 15 is 0 Å². The molecule has 0 amide bonds. The van der Waals surface area contributed by atoms with Gasteiger partial charge in [0.1, 0.15) is 27.9 Å². The number of rotatable bonds is 0. The normalized spacial score (nSPS) is 11.8. The van der Waals surface area contributed by atoms with Crippen molar-refractivity contribution < 1.29 is 17.6 Å². The smallest absolute Gasteiger partial charge is 0.227 e. The van der Waals surface area contributed by atoms with E-state index in [-0.39, 0.29) is 37.3 Å². The average Bonchev–Trinajstić information content (AvgIpc) is 2.53. The predicted octanol–water partition coefficient (Wildman–Crippen LogP) is 4.70. The Bertz CT molecular complexity index is 917. The van der Waals surface area contributed by atoms with Crippen LogP contribution in [0.25, 0.3) is 32.8 Å². The van der Waals surface area contributed by atoms with Gasteiger partial charge in [-0.3, -0.25) is 0 Å². The molecule has 0 aliphatic carbocycles. The van der Waals surface area contributed by atoms with Crippen molar-refractivity contribution in [2.24, 2.45) is 0 Å². The Hall–Kier alpha value is -2.13. The minimum absolute atomic E-state index is 0.0274. The van der Waals surface area contributed by atoms with Crippen LogP contribution < -0.4 is 0 Å². The summed E-state index contributed by atoms with van der Waals surface area (Å²) in [6, 6.07) is 2.36. The summed E-state index contributed by atoms with van der Waals surface area (Å²) in [5, 5.41) is -0.245. The summed E-state index contributed by atoms with van der Waals surface area (Å²) in [5.41, 5.74) is -0.443. The maximum absolute atomic E-state index is 13.9. The molecule has 120 valence electrons. The fourth-order valence-corrected chi connectivity index (χ4v) is 2.90. The van der Waals surface area contributed by atoms with Gasteiger partial charge in [-0.2, -0.15) is 13.2 Å². The lowest BCUT2D eigenvalue weighted by Crippen LogP contribution is -2.01. The number of fused-ring (bicyclic) bond motifs is 6. The fourth-order valence-electron chi connectivity index (χ4n) is 2.43. The molecule has 0 radical (unpaired) electrons. The molecule has 4 rings (SSSR count). The quantitative estimate of drug-likeness (QED) is 0.307. The molecule has 0 spiro atoms. The lowest BCUT2D eigenvalue weighted by atomic mass is 10.1. The number of nitrogens with zero attached hydrogens (tertiary/aromatic N) is 4. The maximum Gasteiger partial charge on any atom is 0.269 e. The van der Waals surface area contributed by atoms with Crippen molar-refractivity contribution in [1.29, 1.82) is 0 Å². The van der Waals surface area contributed by atoms with Gasteiger partial charge in [-0.1, -0.05) is 11.6 Å². The lowest BCUT2D eigenvalue weighted by Gasteiger charge is -2.09. The van der Waals surface area contributed by atoms with Gasteiger partial charge in [0, 0.05) is 10.8 Å². The Balaban J connectivity index is 2.40. The standard InChI is InChI=1S/C14H2BrClF4N4/c15-5-1-3-4(2-6(5)17)8-10(24-14(20)13(19)23-8)9-7(3)22-12(18)11(16)21-9/h1-2H. The largest absolute Gasteiger partial charge is 0.269 e. The van der Waals surface area contributed by atoms with Crippen LogP contribution in [0.2, 0.25) is 5.15 Å². The molecule has 4 nitrogen and oxygen atoms in total. The highest BCUT2D eigenvalue weighted by atomic mass is 79.9. The van der Waals surface area contributed by atoms with Crippen molar-refractivity contribution in [1.82, 2.24) is 19.9 Å². The highest BCUT2D eigenvalue weighted by Gasteiger charge is 2.20. The van der Waals surface area contributed by atoms with Crippen LogP contribution in [-0.2, 0) is 0 Å². The highest BCUT2D eigenvalue weighted by Crippen LogP contribution is 2.35. The molecule has 4 aromatic rings. The van der Waals surface area contributed by atoms with Crippen LogP contribution in [0.1, 0.15) is 0 Å². The third-order valence-corrected chi connectivity index (χ3v) is 4.27. The molecule has 0 aliphatic rings. The topological polar surface area (TPSA) is 51.6 Å². The summed E-state index contributed by atoms with van der Waals surface area (Å²) < 4.78 is 54.8. The summed E-state index contributed by atoms with van der Waals surface area (Å²) in [5.74, 6) is -4.64. The van der Waals surface area contributed by atoms with Crippen LogP contribution >= 0.6 is 27.5 Å². The molecule has 0 bridgehead atoms. The van der Waals surface area contributed by atoms with Gasteiger partial charge in [0.25, 0.3) is 17.8 Å². The van der Waals surface area contributed by atoms with Crippen LogP contribution in [0.4, 0.5) is 17.6 Å². The van der Waals surface area contributed by atoms with E-state index in [9.17, 15) is 17.6 Å². The fraction of sp³-hybridized carbons (Fsp3) is 0. The van der Waals surface area contributed by atoms with Gasteiger partial charge in [0.15, 0.2) is 5.15 Å². The summed E-state index contributed by atoms with van der Waals surface area (Å²) in [7, 11) is 0. The van der Waals surface area contributed by atoms with Gasteiger partial charge in [0.05, 0.1) is 4.47 Å². The zero-order valence-corrected chi connectivity index (χ0v) is 13.6. The molecule has 0 atom stereocenters. The highest BCUT2D eigenvalue weighted by molar-refractivity contribution is 9.10. The van der Waals surface area contributed by atoms with Crippen molar-refractivity contribution >= 4 is 60.4 Å². The number of benzene rings is 2. The van der Waals surface area contributed by atoms with Crippen molar-refractivity contribution in [2.45, 2.75) is 0 Å². The monoisotopic (exact) mass is 416 g/mol. The van der Waals surface area contributed by atoms with E-state index in [1.165, 1.54) is 6.07 Å². The number of hydrogen-bond acceptors (Lipinski definition) is 4. The van der Waals surface area contributed by atoms with E-state index < -0.39 is 28.8 Å². The van der Waals surface area contributed by atoms with Gasteiger partial charge < -0.3 is 0 Å². The van der Waals surface area contributed by atoms with Crippen LogP contribution in [0.3, 0.4) is 0 Å². The Morgan fingerprint density at radius 2 is 1.21 bits per heavy atom. The van der Waals surface area contributed by atoms with E-state index in [0.29, 0.717) is 0 Å². The molecule has 0 fully saturated rings. The molecule has 2 heterocycles. The minimum atomic E-state index is -1.47. The molecular weight excluding hydrogens is 416 g/mol. The number of aromatic nitrogens is 4. The molecule has 10 heteroatoms. The van der Waals surface area contributed by atoms with Gasteiger partial charge in [-0.05, 0) is 28.1 Å². The van der Waals surface area contributed by atoms with Gasteiger partial charge >= 0.3 is 0 Å². The molecule has 24 heavy (non-hydrogen) atoms. The van der Waals surface area contributed by atoms with Crippen molar-refractivity contribution in [2.75, 3.05) is 0 Å². The van der Waals surface area contributed by atoms with Crippen LogP contribution in [0.15, 0.2) is 16.6 Å². The third-order valence-electron chi connectivity index (χ3n) is 3.42. The molecule has 2 aromatic heterocycles. The summed E-state index contributed by atoms with van der Waals surface area (Å²) in [4.78, 5) is 14.4. The molecule has 0 saturated carbocycles. The van der Waals surface area contributed by atoms with E-state index in [4.69, 9.17) is 11.6 Å². The van der Waals surface area contributed by atoms with Gasteiger partial charge in [-0.15, -0.1) is 0 Å².